The number of hydrogen-bond acceptors (Lipinski definition) is 5. The molecule has 0 bridgehead atoms. The van der Waals surface area contributed by atoms with Gasteiger partial charge in [-0.3, -0.25) is 19.4 Å². The van der Waals surface area contributed by atoms with E-state index in [1.807, 2.05) is 12.1 Å². The fraction of sp³-hybridized carbons (Fsp3) is 0.458. The predicted octanol–water partition coefficient (Wildman–Crippen LogP) is 1.73. The quantitative estimate of drug-likeness (QED) is 0.677. The van der Waals surface area contributed by atoms with Gasteiger partial charge in [0.1, 0.15) is 11.6 Å². The maximum Gasteiger partial charge on any atom is 0.266 e. The van der Waals surface area contributed by atoms with E-state index in [4.69, 9.17) is 5.26 Å². The monoisotopic (exact) mass is 421 g/mol. The van der Waals surface area contributed by atoms with E-state index >= 15 is 0 Å². The van der Waals surface area contributed by atoms with Crippen LogP contribution in [-0.4, -0.2) is 60.0 Å². The van der Waals surface area contributed by atoms with Crippen molar-refractivity contribution in [2.75, 3.05) is 39.3 Å². The summed E-state index contributed by atoms with van der Waals surface area (Å²) in [4.78, 5) is 31.7. The Morgan fingerprint density at radius 2 is 1.81 bits per heavy atom. The van der Waals surface area contributed by atoms with E-state index in [0.717, 1.165) is 50.5 Å². The average molecular weight is 422 g/mol. The van der Waals surface area contributed by atoms with Crippen molar-refractivity contribution < 1.29 is 4.79 Å². The molecular weight excluding hydrogens is 390 g/mol. The number of amides is 1. The van der Waals surface area contributed by atoms with Crippen LogP contribution in [0.1, 0.15) is 34.4 Å². The lowest BCUT2D eigenvalue weighted by molar-refractivity contribution is -0.121. The van der Waals surface area contributed by atoms with Gasteiger partial charge in [0, 0.05) is 57.9 Å². The van der Waals surface area contributed by atoms with Gasteiger partial charge in [0.25, 0.3) is 5.56 Å². The SMILES string of the molecule is Cc1[nH]c(=O)c(C#N)c(C)c1CCC(=O)NCCN1CCN(Cc2ccccc2)CC1. The number of nitrogens with one attached hydrogen (secondary N) is 2. The van der Waals surface area contributed by atoms with Gasteiger partial charge in [-0.25, -0.2) is 0 Å². The molecule has 1 aliphatic heterocycles. The molecule has 2 aromatic rings. The third kappa shape index (κ3) is 6.27. The van der Waals surface area contributed by atoms with Gasteiger partial charge < -0.3 is 10.3 Å². The molecule has 0 unspecified atom stereocenters. The number of hydrogen-bond donors (Lipinski definition) is 2. The highest BCUT2D eigenvalue weighted by Gasteiger charge is 2.17. The molecule has 1 saturated heterocycles. The second-order valence-corrected chi connectivity index (χ2v) is 8.12. The number of aromatic nitrogens is 1. The lowest BCUT2D eigenvalue weighted by atomic mass is 9.99. The van der Waals surface area contributed by atoms with Gasteiger partial charge in [-0.1, -0.05) is 30.3 Å². The summed E-state index contributed by atoms with van der Waals surface area (Å²) in [5.41, 5.74) is 3.38. The summed E-state index contributed by atoms with van der Waals surface area (Å²) >= 11 is 0. The molecular formula is C24H31N5O2. The normalized spacial score (nSPS) is 14.9. The molecule has 1 aliphatic rings. The Morgan fingerprint density at radius 3 is 2.48 bits per heavy atom. The summed E-state index contributed by atoms with van der Waals surface area (Å²) in [6.45, 7) is 10.1. The van der Waals surface area contributed by atoms with Crippen LogP contribution in [0, 0.1) is 25.2 Å². The first kappa shape index (κ1) is 22.7. The topological polar surface area (TPSA) is 92.2 Å². The van der Waals surface area contributed by atoms with Crippen molar-refractivity contribution in [3.05, 3.63) is 68.6 Å². The van der Waals surface area contributed by atoms with Crippen LogP contribution >= 0.6 is 0 Å². The summed E-state index contributed by atoms with van der Waals surface area (Å²) in [6, 6.07) is 12.5. The first-order chi connectivity index (χ1) is 15.0. The number of rotatable bonds is 8. The number of pyridine rings is 1. The van der Waals surface area contributed by atoms with Crippen molar-refractivity contribution in [3.8, 4) is 6.07 Å². The first-order valence-electron chi connectivity index (χ1n) is 10.9. The average Bonchev–Trinajstić information content (AvgIpc) is 2.75. The zero-order valence-electron chi connectivity index (χ0n) is 18.4. The molecule has 0 radical (unpaired) electrons. The fourth-order valence-electron chi connectivity index (χ4n) is 4.11. The van der Waals surface area contributed by atoms with E-state index in [1.54, 1.807) is 13.8 Å². The maximum absolute atomic E-state index is 12.3. The molecule has 1 aromatic carbocycles. The maximum atomic E-state index is 12.3. The Labute approximate surface area is 183 Å². The zero-order valence-corrected chi connectivity index (χ0v) is 18.4. The predicted molar refractivity (Wildman–Crippen MR) is 121 cm³/mol. The molecule has 7 nitrogen and oxygen atoms in total. The Hall–Kier alpha value is -2.95. The Bertz CT molecular complexity index is 986. The summed E-state index contributed by atoms with van der Waals surface area (Å²) in [6.07, 6.45) is 0.844. The van der Waals surface area contributed by atoms with Gasteiger partial charge in [0.2, 0.25) is 5.91 Å². The van der Waals surface area contributed by atoms with Crippen molar-refractivity contribution in [2.45, 2.75) is 33.2 Å². The van der Waals surface area contributed by atoms with Gasteiger partial charge in [0.15, 0.2) is 0 Å². The number of nitrogens with zero attached hydrogens (tertiary/aromatic N) is 3. The second kappa shape index (κ2) is 10.9. The van der Waals surface area contributed by atoms with Crippen LogP contribution in [-0.2, 0) is 17.8 Å². The van der Waals surface area contributed by atoms with Gasteiger partial charge in [-0.05, 0) is 37.0 Å². The summed E-state index contributed by atoms with van der Waals surface area (Å²) in [5, 5.41) is 12.2. The van der Waals surface area contributed by atoms with Gasteiger partial charge in [-0.15, -0.1) is 0 Å². The van der Waals surface area contributed by atoms with E-state index < -0.39 is 0 Å². The number of aromatic amines is 1. The Kier molecular flexibility index (Phi) is 7.99. The van der Waals surface area contributed by atoms with Crippen LogP contribution in [0.25, 0.3) is 0 Å². The Balaban J connectivity index is 1.37. The number of carbonyl (C=O) groups excluding carboxylic acids is 1. The van der Waals surface area contributed by atoms with E-state index in [9.17, 15) is 9.59 Å². The highest BCUT2D eigenvalue weighted by Crippen LogP contribution is 2.15. The summed E-state index contributed by atoms with van der Waals surface area (Å²) < 4.78 is 0. The molecule has 1 aromatic heterocycles. The van der Waals surface area contributed by atoms with E-state index in [0.29, 0.717) is 24.9 Å². The highest BCUT2D eigenvalue weighted by atomic mass is 16.1. The molecule has 3 rings (SSSR count). The summed E-state index contributed by atoms with van der Waals surface area (Å²) in [7, 11) is 0. The molecule has 164 valence electrons. The molecule has 0 aliphatic carbocycles. The van der Waals surface area contributed by atoms with Crippen LogP contribution < -0.4 is 10.9 Å². The number of benzene rings is 1. The molecule has 7 heteroatoms. The number of carbonyl (C=O) groups is 1. The zero-order chi connectivity index (χ0) is 22.2. The van der Waals surface area contributed by atoms with Crippen LogP contribution in [0.15, 0.2) is 35.1 Å². The summed E-state index contributed by atoms with van der Waals surface area (Å²) in [5.74, 6) is -0.00813. The third-order valence-electron chi connectivity index (χ3n) is 5.99. The van der Waals surface area contributed by atoms with E-state index in [-0.39, 0.29) is 17.0 Å². The minimum absolute atomic E-state index is 0.00813. The molecule has 2 heterocycles. The van der Waals surface area contributed by atoms with Gasteiger partial charge in [0.05, 0.1) is 0 Å². The molecule has 0 saturated carbocycles. The van der Waals surface area contributed by atoms with Crippen molar-refractivity contribution in [1.82, 2.24) is 20.1 Å². The largest absolute Gasteiger partial charge is 0.355 e. The van der Waals surface area contributed by atoms with Gasteiger partial charge >= 0.3 is 0 Å². The fourth-order valence-corrected chi connectivity index (χ4v) is 4.11. The molecule has 0 atom stereocenters. The molecule has 0 spiro atoms. The van der Waals surface area contributed by atoms with Crippen molar-refractivity contribution in [1.29, 1.82) is 5.26 Å². The molecule has 1 fully saturated rings. The number of piperazine rings is 1. The molecule has 31 heavy (non-hydrogen) atoms. The van der Waals surface area contributed by atoms with Crippen LogP contribution in [0.4, 0.5) is 0 Å². The number of H-pyrrole nitrogens is 1. The number of aryl methyl sites for hydroxylation is 1. The number of nitriles is 1. The second-order valence-electron chi connectivity index (χ2n) is 8.12. The minimum Gasteiger partial charge on any atom is -0.355 e. The van der Waals surface area contributed by atoms with E-state index in [2.05, 4.69) is 44.4 Å². The van der Waals surface area contributed by atoms with Crippen molar-refractivity contribution in [2.24, 2.45) is 0 Å². The van der Waals surface area contributed by atoms with Gasteiger partial charge in [-0.2, -0.15) is 5.26 Å². The standard InChI is InChI=1S/C24H31N5O2/c1-18-21(19(2)27-24(31)22(18)16-25)8-9-23(30)26-10-11-28-12-14-29(15-13-28)17-20-6-4-3-5-7-20/h3-7H,8-15,17H2,1-2H3,(H,26,30)(H,27,31). The van der Waals surface area contributed by atoms with Crippen molar-refractivity contribution in [3.63, 3.8) is 0 Å². The Morgan fingerprint density at radius 1 is 1.13 bits per heavy atom. The van der Waals surface area contributed by atoms with Crippen LogP contribution in [0.3, 0.4) is 0 Å². The lowest BCUT2D eigenvalue weighted by Gasteiger charge is -2.34. The molecule has 2 N–H and O–H groups in total. The van der Waals surface area contributed by atoms with Crippen molar-refractivity contribution >= 4 is 5.91 Å². The minimum atomic E-state index is -0.366. The molecule has 1 amide bonds. The van der Waals surface area contributed by atoms with Crippen LogP contribution in [0.5, 0.6) is 0 Å². The van der Waals surface area contributed by atoms with Crippen LogP contribution in [0.2, 0.25) is 0 Å². The highest BCUT2D eigenvalue weighted by molar-refractivity contribution is 5.76. The first-order valence-corrected chi connectivity index (χ1v) is 10.9. The third-order valence-corrected chi connectivity index (χ3v) is 5.99. The smallest absolute Gasteiger partial charge is 0.266 e. The lowest BCUT2D eigenvalue weighted by Crippen LogP contribution is -2.48. The van der Waals surface area contributed by atoms with E-state index in [1.165, 1.54) is 5.56 Å².